The highest BCUT2D eigenvalue weighted by Gasteiger charge is 2.15. The van der Waals surface area contributed by atoms with Crippen LogP contribution in [0.5, 0.6) is 5.75 Å². The minimum absolute atomic E-state index is 0.226. The summed E-state index contributed by atoms with van der Waals surface area (Å²) in [5.74, 6) is -1.05. The predicted molar refractivity (Wildman–Crippen MR) is 120 cm³/mol. The Morgan fingerprint density at radius 3 is 2.55 bits per heavy atom. The molecule has 6 nitrogen and oxygen atoms in total. The number of allylic oxidation sites excluding steroid dienone is 4. The zero-order valence-corrected chi connectivity index (χ0v) is 17.9. The summed E-state index contributed by atoms with van der Waals surface area (Å²) < 4.78 is 5.87. The summed E-state index contributed by atoms with van der Waals surface area (Å²) >= 11 is 0. The van der Waals surface area contributed by atoms with Gasteiger partial charge in [0.2, 0.25) is 0 Å². The second kappa shape index (κ2) is 12.0. The Labute approximate surface area is 182 Å². The van der Waals surface area contributed by atoms with Crippen LogP contribution in [-0.2, 0) is 16.2 Å². The maximum Gasteiger partial charge on any atom is 0.305 e. The Bertz CT molecular complexity index is 1010. The van der Waals surface area contributed by atoms with Crippen molar-refractivity contribution >= 4 is 11.7 Å². The third-order valence-electron chi connectivity index (χ3n) is 4.54. The van der Waals surface area contributed by atoms with Crippen molar-refractivity contribution in [3.05, 3.63) is 89.0 Å². The summed E-state index contributed by atoms with van der Waals surface area (Å²) in [5.41, 5.74) is 4.21. The molecule has 2 aromatic rings. The summed E-state index contributed by atoms with van der Waals surface area (Å²) in [6.45, 7) is 4.24. The zero-order valence-electron chi connectivity index (χ0n) is 17.9. The molecule has 0 aliphatic heterocycles. The van der Waals surface area contributed by atoms with Gasteiger partial charge >= 0.3 is 5.97 Å². The molecule has 0 saturated carbocycles. The lowest BCUT2D eigenvalue weighted by Crippen LogP contribution is -2.06. The number of nitrogens with zero attached hydrogens (tertiary/aromatic N) is 2. The number of benzene rings is 2. The molecule has 0 amide bonds. The topological polar surface area (TPSA) is 91.9 Å². The van der Waals surface area contributed by atoms with Gasteiger partial charge in [-0.3, -0.25) is 4.79 Å². The fourth-order valence-corrected chi connectivity index (χ4v) is 3.04. The molecule has 2 aromatic carbocycles. The fraction of sp³-hybridized carbons (Fsp3) is 0.240. The van der Waals surface area contributed by atoms with Crippen molar-refractivity contribution in [1.82, 2.24) is 0 Å². The molecule has 0 heterocycles. The minimum Gasteiger partial charge on any atom is -0.489 e. The van der Waals surface area contributed by atoms with Crippen LogP contribution in [0.2, 0.25) is 0 Å². The first-order valence-electron chi connectivity index (χ1n) is 9.86. The third-order valence-corrected chi connectivity index (χ3v) is 4.54. The summed E-state index contributed by atoms with van der Waals surface area (Å²) in [5, 5.41) is 22.3. The molecule has 2 rings (SSSR count). The van der Waals surface area contributed by atoms with E-state index in [9.17, 15) is 10.1 Å². The van der Waals surface area contributed by atoms with E-state index in [1.54, 1.807) is 24.3 Å². The molecule has 0 bridgehead atoms. The van der Waals surface area contributed by atoms with Gasteiger partial charge in [-0.2, -0.15) is 5.26 Å². The average molecular weight is 418 g/mol. The highest BCUT2D eigenvalue weighted by Crippen LogP contribution is 2.23. The number of nitriles is 1. The molecule has 0 aliphatic carbocycles. The van der Waals surface area contributed by atoms with Crippen LogP contribution in [0.15, 0.2) is 77.5 Å². The van der Waals surface area contributed by atoms with Crippen molar-refractivity contribution in [3.63, 3.8) is 0 Å². The monoisotopic (exact) mass is 418 g/mol. The van der Waals surface area contributed by atoms with Crippen LogP contribution in [0.3, 0.4) is 0 Å². The first kappa shape index (κ1) is 23.4. The summed E-state index contributed by atoms with van der Waals surface area (Å²) in [6.07, 6.45) is 5.67. The van der Waals surface area contributed by atoms with Crippen LogP contribution in [-0.4, -0.2) is 23.9 Å². The van der Waals surface area contributed by atoms with Crippen LogP contribution in [0, 0.1) is 11.3 Å². The van der Waals surface area contributed by atoms with Gasteiger partial charge in [0, 0.05) is 5.56 Å². The van der Waals surface area contributed by atoms with Crippen molar-refractivity contribution < 1.29 is 19.5 Å². The molecular formula is C25H26N2O4. The molecule has 160 valence electrons. The van der Waals surface area contributed by atoms with Crippen molar-refractivity contribution in [3.8, 4) is 11.8 Å². The van der Waals surface area contributed by atoms with Crippen molar-refractivity contribution in [1.29, 1.82) is 5.26 Å². The Kier molecular flexibility index (Phi) is 9.06. The minimum atomic E-state index is -1.00. The van der Waals surface area contributed by atoms with Gasteiger partial charge < -0.3 is 14.7 Å². The third kappa shape index (κ3) is 6.86. The van der Waals surface area contributed by atoms with Crippen LogP contribution in [0.4, 0.5) is 0 Å². The SMILES string of the molecule is CC=CC(=CC)C(=NOC)c1cccc(COc2ccc(C(C#N)CC(=O)O)cc2)c1. The van der Waals surface area contributed by atoms with E-state index in [4.69, 9.17) is 14.7 Å². The van der Waals surface area contributed by atoms with Crippen LogP contribution < -0.4 is 4.74 Å². The molecule has 6 heteroatoms. The lowest BCUT2D eigenvalue weighted by molar-refractivity contribution is -0.137. The molecule has 1 unspecified atom stereocenters. The standard InChI is InChI=1S/C25H26N2O4/c1-4-7-19(5-2)25(27-30-3)21-9-6-8-18(14-21)17-31-23-12-10-20(11-13-23)22(16-26)15-24(28)29/h4-14,22H,15,17H2,1-3H3,(H,28,29). The van der Waals surface area contributed by atoms with Gasteiger partial charge in [0.15, 0.2) is 0 Å². The number of hydrogen-bond donors (Lipinski definition) is 1. The average Bonchev–Trinajstić information content (AvgIpc) is 2.79. The molecule has 1 N–H and O–H groups in total. The Balaban J connectivity index is 2.14. The Hall–Kier alpha value is -3.85. The van der Waals surface area contributed by atoms with E-state index in [1.807, 2.05) is 62.4 Å². The maximum atomic E-state index is 10.9. The number of aliphatic carboxylic acids is 1. The van der Waals surface area contributed by atoms with E-state index in [2.05, 4.69) is 5.16 Å². The van der Waals surface area contributed by atoms with E-state index < -0.39 is 11.9 Å². The first-order chi connectivity index (χ1) is 15.0. The largest absolute Gasteiger partial charge is 0.489 e. The van der Waals surface area contributed by atoms with E-state index in [1.165, 1.54) is 7.11 Å². The van der Waals surface area contributed by atoms with E-state index in [0.717, 1.165) is 22.4 Å². The number of carbonyl (C=O) groups is 1. The van der Waals surface area contributed by atoms with Crippen LogP contribution in [0.25, 0.3) is 0 Å². The highest BCUT2D eigenvalue weighted by atomic mass is 16.6. The van der Waals surface area contributed by atoms with Gasteiger partial charge in [-0.15, -0.1) is 0 Å². The molecule has 0 spiro atoms. The quantitative estimate of drug-likeness (QED) is 0.324. The van der Waals surface area contributed by atoms with Gasteiger partial charge in [0.25, 0.3) is 0 Å². The van der Waals surface area contributed by atoms with Gasteiger partial charge in [-0.1, -0.05) is 53.7 Å². The highest BCUT2D eigenvalue weighted by molar-refractivity contribution is 6.14. The lowest BCUT2D eigenvalue weighted by atomic mass is 9.97. The van der Waals surface area contributed by atoms with Gasteiger partial charge in [-0.25, -0.2) is 0 Å². The second-order valence-corrected chi connectivity index (χ2v) is 6.70. The van der Waals surface area contributed by atoms with E-state index >= 15 is 0 Å². The second-order valence-electron chi connectivity index (χ2n) is 6.70. The van der Waals surface area contributed by atoms with Crippen LogP contribution >= 0.6 is 0 Å². The molecule has 1 atom stereocenters. The van der Waals surface area contributed by atoms with Gasteiger partial charge in [-0.05, 0) is 48.7 Å². The number of hydrogen-bond acceptors (Lipinski definition) is 5. The first-order valence-corrected chi connectivity index (χ1v) is 9.86. The van der Waals surface area contributed by atoms with E-state index in [0.29, 0.717) is 17.9 Å². The molecule has 0 saturated heterocycles. The fourth-order valence-electron chi connectivity index (χ4n) is 3.04. The molecular weight excluding hydrogens is 392 g/mol. The number of carboxylic acids is 1. The van der Waals surface area contributed by atoms with Gasteiger partial charge in [0.1, 0.15) is 25.2 Å². The molecule has 0 aromatic heterocycles. The summed E-state index contributed by atoms with van der Waals surface area (Å²) in [4.78, 5) is 15.9. The number of ether oxygens (including phenoxy) is 1. The lowest BCUT2D eigenvalue weighted by Gasteiger charge is -2.11. The number of carboxylic acid groups (broad SMARTS) is 1. The Morgan fingerprint density at radius 2 is 1.97 bits per heavy atom. The van der Waals surface area contributed by atoms with E-state index in [-0.39, 0.29) is 6.42 Å². The normalized spacial score (nSPS) is 13.0. The Morgan fingerprint density at radius 1 is 1.23 bits per heavy atom. The summed E-state index contributed by atoms with van der Waals surface area (Å²) in [6, 6.07) is 16.8. The molecule has 0 aliphatic rings. The zero-order chi connectivity index (χ0) is 22.6. The van der Waals surface area contributed by atoms with Crippen molar-refractivity contribution in [2.75, 3.05) is 7.11 Å². The number of oxime groups is 1. The smallest absolute Gasteiger partial charge is 0.305 e. The molecule has 0 fully saturated rings. The molecule has 0 radical (unpaired) electrons. The number of rotatable bonds is 10. The van der Waals surface area contributed by atoms with Gasteiger partial charge in [0.05, 0.1) is 18.4 Å². The predicted octanol–water partition coefficient (Wildman–Crippen LogP) is 5.22. The molecule has 31 heavy (non-hydrogen) atoms. The van der Waals surface area contributed by atoms with Crippen LogP contribution in [0.1, 0.15) is 42.9 Å². The van der Waals surface area contributed by atoms with Crippen molar-refractivity contribution in [2.45, 2.75) is 32.8 Å². The summed E-state index contributed by atoms with van der Waals surface area (Å²) in [7, 11) is 1.52. The van der Waals surface area contributed by atoms with Crippen molar-refractivity contribution in [2.24, 2.45) is 5.16 Å². The maximum absolute atomic E-state index is 10.9.